The van der Waals surface area contributed by atoms with Crippen molar-refractivity contribution >= 4 is 11.7 Å². The molecular weight excluding hydrogens is 256 g/mol. The summed E-state index contributed by atoms with van der Waals surface area (Å²) in [5.41, 5.74) is -0.970. The van der Waals surface area contributed by atoms with Gasteiger partial charge in [-0.05, 0) is 6.92 Å². The Balaban J connectivity index is 3.36. The van der Waals surface area contributed by atoms with Crippen molar-refractivity contribution in [2.24, 2.45) is 0 Å². The molecule has 1 unspecified atom stereocenters. The summed E-state index contributed by atoms with van der Waals surface area (Å²) >= 11 is 0. The van der Waals surface area contributed by atoms with Crippen LogP contribution in [0, 0.1) is 21.4 Å². The normalized spacial score (nSPS) is 11.2. The Bertz CT molecular complexity index is 539. The zero-order valence-corrected chi connectivity index (χ0v) is 10.2. The fourth-order valence-corrected chi connectivity index (χ4v) is 1.36. The second-order valence-electron chi connectivity index (χ2n) is 3.19. The topological polar surface area (TPSA) is 128 Å². The summed E-state index contributed by atoms with van der Waals surface area (Å²) in [6, 6.07) is 1.62. The molecule has 0 bridgehead atoms. The van der Waals surface area contributed by atoms with Crippen molar-refractivity contribution in [3.05, 3.63) is 22.1 Å². The van der Waals surface area contributed by atoms with Crippen LogP contribution in [-0.2, 0) is 9.53 Å². The molecule has 9 heteroatoms. The zero-order chi connectivity index (χ0) is 14.4. The van der Waals surface area contributed by atoms with Crippen LogP contribution in [0.15, 0.2) is 6.33 Å². The van der Waals surface area contributed by atoms with Crippen LogP contribution in [0.25, 0.3) is 0 Å². The van der Waals surface area contributed by atoms with Gasteiger partial charge in [-0.15, -0.1) is 0 Å². The molecule has 100 valence electrons. The van der Waals surface area contributed by atoms with Crippen molar-refractivity contribution in [3.8, 4) is 11.9 Å². The van der Waals surface area contributed by atoms with E-state index in [9.17, 15) is 14.9 Å². The van der Waals surface area contributed by atoms with Crippen LogP contribution in [0.5, 0.6) is 5.88 Å². The van der Waals surface area contributed by atoms with E-state index in [1.807, 2.05) is 0 Å². The summed E-state index contributed by atoms with van der Waals surface area (Å²) in [7, 11) is 1.19. The number of carbonyl (C=O) groups is 1. The molecule has 0 spiro atoms. The van der Waals surface area contributed by atoms with E-state index in [0.29, 0.717) is 0 Å². The number of esters is 1. The van der Waals surface area contributed by atoms with Crippen LogP contribution in [0.1, 0.15) is 18.5 Å². The number of rotatable bonds is 5. The first-order valence-electron chi connectivity index (χ1n) is 5.16. The van der Waals surface area contributed by atoms with Gasteiger partial charge in [-0.2, -0.15) is 10.2 Å². The fraction of sp³-hybridized carbons (Fsp3) is 0.400. The van der Waals surface area contributed by atoms with Crippen LogP contribution in [0.4, 0.5) is 5.69 Å². The highest BCUT2D eigenvalue weighted by molar-refractivity contribution is 5.82. The predicted molar refractivity (Wildman–Crippen MR) is 60.2 cm³/mol. The Morgan fingerprint density at radius 2 is 2.32 bits per heavy atom. The number of carbonyl (C=O) groups excluding carboxylic acids is 1. The average Bonchev–Trinajstić information content (AvgIpc) is 2.39. The number of ether oxygens (including phenoxy) is 2. The lowest BCUT2D eigenvalue weighted by molar-refractivity contribution is -0.387. The molecule has 0 aromatic carbocycles. The smallest absolute Gasteiger partial charge is 0.354 e. The molecule has 0 amide bonds. The van der Waals surface area contributed by atoms with E-state index in [1.165, 1.54) is 7.11 Å². The van der Waals surface area contributed by atoms with Crippen LogP contribution in [0.3, 0.4) is 0 Å². The molecule has 1 aromatic heterocycles. The van der Waals surface area contributed by atoms with E-state index in [-0.39, 0.29) is 18.2 Å². The lowest BCUT2D eigenvalue weighted by Crippen LogP contribution is -2.17. The van der Waals surface area contributed by atoms with Gasteiger partial charge in [0.25, 0.3) is 5.88 Å². The summed E-state index contributed by atoms with van der Waals surface area (Å²) in [4.78, 5) is 29.0. The Morgan fingerprint density at radius 3 is 2.79 bits per heavy atom. The first kappa shape index (κ1) is 14.3. The minimum Gasteiger partial charge on any atom is -0.476 e. The molecule has 1 aromatic rings. The largest absolute Gasteiger partial charge is 0.476 e. The highest BCUT2D eigenvalue weighted by atomic mass is 16.6. The van der Waals surface area contributed by atoms with Gasteiger partial charge in [-0.1, -0.05) is 0 Å². The van der Waals surface area contributed by atoms with Gasteiger partial charge in [0.05, 0.1) is 24.7 Å². The SMILES string of the molecule is CCOC(=O)C(C#N)c1ncnc(OC)c1[N+](=O)[O-]. The van der Waals surface area contributed by atoms with E-state index in [1.54, 1.807) is 13.0 Å². The van der Waals surface area contributed by atoms with E-state index in [4.69, 9.17) is 10.00 Å². The van der Waals surface area contributed by atoms with Crippen molar-refractivity contribution in [1.29, 1.82) is 5.26 Å². The third-order valence-electron chi connectivity index (χ3n) is 2.12. The molecule has 19 heavy (non-hydrogen) atoms. The number of nitro groups is 1. The number of nitrogens with zero attached hydrogens (tertiary/aromatic N) is 4. The fourth-order valence-electron chi connectivity index (χ4n) is 1.36. The van der Waals surface area contributed by atoms with Gasteiger partial charge in [-0.25, -0.2) is 4.98 Å². The van der Waals surface area contributed by atoms with Crippen molar-refractivity contribution in [3.63, 3.8) is 0 Å². The maximum absolute atomic E-state index is 11.6. The van der Waals surface area contributed by atoms with E-state index in [0.717, 1.165) is 6.33 Å². The lowest BCUT2D eigenvalue weighted by Gasteiger charge is -2.09. The van der Waals surface area contributed by atoms with Gasteiger partial charge in [0, 0.05) is 0 Å². The average molecular weight is 266 g/mol. The van der Waals surface area contributed by atoms with Crippen molar-refractivity contribution in [2.45, 2.75) is 12.8 Å². The molecule has 0 aliphatic rings. The highest BCUT2D eigenvalue weighted by Crippen LogP contribution is 2.31. The second-order valence-corrected chi connectivity index (χ2v) is 3.19. The quantitative estimate of drug-likeness (QED) is 0.429. The van der Waals surface area contributed by atoms with Crippen molar-refractivity contribution < 1.29 is 19.2 Å². The molecule has 1 heterocycles. The number of hydrogen-bond donors (Lipinski definition) is 0. The first-order valence-corrected chi connectivity index (χ1v) is 5.16. The molecule has 0 radical (unpaired) electrons. The van der Waals surface area contributed by atoms with E-state index >= 15 is 0 Å². The number of methoxy groups -OCH3 is 1. The van der Waals surface area contributed by atoms with E-state index in [2.05, 4.69) is 14.7 Å². The van der Waals surface area contributed by atoms with Gasteiger partial charge in [0.2, 0.25) is 0 Å². The summed E-state index contributed by atoms with van der Waals surface area (Å²) in [5, 5.41) is 20.0. The molecular formula is C10H10N4O5. The van der Waals surface area contributed by atoms with Gasteiger partial charge >= 0.3 is 11.7 Å². The number of aromatic nitrogens is 2. The Kier molecular flexibility index (Phi) is 4.70. The van der Waals surface area contributed by atoms with Crippen LogP contribution in [-0.4, -0.2) is 34.6 Å². The minimum atomic E-state index is -1.50. The van der Waals surface area contributed by atoms with Crippen molar-refractivity contribution in [1.82, 2.24) is 9.97 Å². The Hall–Kier alpha value is -2.76. The molecule has 1 rings (SSSR count). The summed E-state index contributed by atoms with van der Waals surface area (Å²) in [5.74, 6) is -2.73. The van der Waals surface area contributed by atoms with Gasteiger partial charge in [0.15, 0.2) is 11.6 Å². The molecule has 0 aliphatic carbocycles. The Labute approximate surface area is 107 Å². The maximum Gasteiger partial charge on any atom is 0.354 e. The third kappa shape index (κ3) is 2.92. The van der Waals surface area contributed by atoms with Gasteiger partial charge in [-0.3, -0.25) is 14.9 Å². The molecule has 1 atom stereocenters. The van der Waals surface area contributed by atoms with Crippen LogP contribution < -0.4 is 4.74 Å². The van der Waals surface area contributed by atoms with Gasteiger partial charge < -0.3 is 9.47 Å². The predicted octanol–water partition coefficient (Wildman–Crippen LogP) is 0.564. The third-order valence-corrected chi connectivity index (χ3v) is 2.12. The second kappa shape index (κ2) is 6.25. The zero-order valence-electron chi connectivity index (χ0n) is 10.2. The monoisotopic (exact) mass is 266 g/mol. The standard InChI is InChI=1S/C10H10N4O5/c1-3-19-10(15)6(4-11)7-8(14(16)17)9(18-2)13-5-12-7/h5-6H,3H2,1-2H3. The van der Waals surface area contributed by atoms with Crippen LogP contribution in [0.2, 0.25) is 0 Å². The van der Waals surface area contributed by atoms with Crippen LogP contribution >= 0.6 is 0 Å². The summed E-state index contributed by atoms with van der Waals surface area (Å²) in [6.45, 7) is 1.61. The van der Waals surface area contributed by atoms with Gasteiger partial charge in [0.1, 0.15) is 6.33 Å². The number of hydrogen-bond acceptors (Lipinski definition) is 8. The molecule has 0 N–H and O–H groups in total. The Morgan fingerprint density at radius 1 is 1.63 bits per heavy atom. The first-order chi connectivity index (χ1) is 9.06. The molecule has 0 saturated heterocycles. The summed E-state index contributed by atoms with van der Waals surface area (Å²) in [6.07, 6.45) is 0.977. The number of nitriles is 1. The lowest BCUT2D eigenvalue weighted by atomic mass is 10.1. The molecule has 0 fully saturated rings. The van der Waals surface area contributed by atoms with Crippen molar-refractivity contribution in [2.75, 3.05) is 13.7 Å². The highest BCUT2D eigenvalue weighted by Gasteiger charge is 2.34. The maximum atomic E-state index is 11.6. The minimum absolute atomic E-state index is 0.0486. The summed E-state index contributed by atoms with van der Waals surface area (Å²) < 4.78 is 9.40. The molecule has 0 saturated carbocycles. The molecule has 0 aliphatic heterocycles. The van der Waals surface area contributed by atoms with E-state index < -0.39 is 22.5 Å². The molecule has 9 nitrogen and oxygen atoms in total.